The molecule has 0 aliphatic carbocycles. The Kier molecular flexibility index (Phi) is 2.32. The van der Waals surface area contributed by atoms with Crippen molar-refractivity contribution in [1.29, 1.82) is 0 Å². The zero-order valence-corrected chi connectivity index (χ0v) is 10.3. The van der Waals surface area contributed by atoms with E-state index in [4.69, 9.17) is 0 Å². The predicted octanol–water partition coefficient (Wildman–Crippen LogP) is 2.03. The Morgan fingerprint density at radius 2 is 1.70 bits per heavy atom. The van der Waals surface area contributed by atoms with Crippen molar-refractivity contribution in [3.05, 3.63) is 49.2 Å². The molecule has 6 nitrogen and oxygen atoms in total. The Morgan fingerprint density at radius 3 is 2.70 bits per heavy atom. The molecule has 0 unspecified atom stereocenters. The first-order valence-corrected chi connectivity index (χ1v) is 6.06. The largest absolute Gasteiger partial charge is 0.249 e. The van der Waals surface area contributed by atoms with Crippen LogP contribution in [0.5, 0.6) is 0 Å². The first-order valence-electron chi connectivity index (χ1n) is 6.06. The van der Waals surface area contributed by atoms with Gasteiger partial charge in [0, 0.05) is 23.3 Å². The van der Waals surface area contributed by atoms with Crippen LogP contribution in [0.4, 0.5) is 0 Å². The first kappa shape index (κ1) is 10.9. The van der Waals surface area contributed by atoms with E-state index in [-0.39, 0.29) is 0 Å². The van der Waals surface area contributed by atoms with Crippen LogP contribution in [0.1, 0.15) is 0 Å². The van der Waals surface area contributed by atoms with Crippen LogP contribution < -0.4 is 0 Å². The molecule has 0 fully saturated rings. The van der Waals surface area contributed by atoms with Crippen molar-refractivity contribution in [3.63, 3.8) is 0 Å². The molecule has 0 amide bonds. The molecule has 0 aliphatic heterocycles. The molecule has 0 radical (unpaired) electrons. The fourth-order valence-electron chi connectivity index (χ4n) is 2.19. The number of rotatable bonds is 1. The van der Waals surface area contributed by atoms with E-state index in [0.29, 0.717) is 16.9 Å². The topological polar surface area (TPSA) is 77.3 Å². The second-order valence-electron chi connectivity index (χ2n) is 4.23. The van der Waals surface area contributed by atoms with Gasteiger partial charge in [-0.25, -0.2) is 19.9 Å². The van der Waals surface area contributed by atoms with E-state index in [1.54, 1.807) is 18.6 Å². The van der Waals surface area contributed by atoms with Gasteiger partial charge in [0.2, 0.25) is 0 Å². The maximum absolute atomic E-state index is 4.35. The molecule has 3 heterocycles. The van der Waals surface area contributed by atoms with Gasteiger partial charge >= 0.3 is 0 Å². The quantitative estimate of drug-likeness (QED) is 0.521. The van der Waals surface area contributed by atoms with Gasteiger partial charge in [0.25, 0.3) is 0 Å². The molecule has 0 saturated carbocycles. The maximum atomic E-state index is 4.35. The van der Waals surface area contributed by atoms with Crippen molar-refractivity contribution in [2.45, 2.75) is 0 Å². The average Bonchev–Trinajstić information content (AvgIpc) is 2.54. The Labute approximate surface area is 113 Å². The van der Waals surface area contributed by atoms with E-state index in [2.05, 4.69) is 30.1 Å². The van der Waals surface area contributed by atoms with Gasteiger partial charge in [0.1, 0.15) is 23.1 Å². The summed E-state index contributed by atoms with van der Waals surface area (Å²) in [5, 5.41) is 9.16. The molecule has 6 heteroatoms. The van der Waals surface area contributed by atoms with Crippen molar-refractivity contribution in [2.75, 3.05) is 0 Å². The zero-order chi connectivity index (χ0) is 13.4. The monoisotopic (exact) mass is 260 g/mol. The van der Waals surface area contributed by atoms with Crippen molar-refractivity contribution in [3.8, 4) is 11.3 Å². The van der Waals surface area contributed by atoms with Crippen LogP contribution in [0.2, 0.25) is 0 Å². The third-order valence-electron chi connectivity index (χ3n) is 3.07. The van der Waals surface area contributed by atoms with Crippen molar-refractivity contribution < 1.29 is 0 Å². The molecule has 20 heavy (non-hydrogen) atoms. The number of fused-ring (bicyclic) bond motifs is 2. The summed E-state index contributed by atoms with van der Waals surface area (Å²) in [6.07, 6.45) is 6.40. The number of nitrogens with zero attached hydrogens (tertiary/aromatic N) is 6. The summed E-state index contributed by atoms with van der Waals surface area (Å²) in [6.45, 7) is 0. The highest BCUT2D eigenvalue weighted by atomic mass is 15.1. The summed E-state index contributed by atoms with van der Waals surface area (Å²) in [5.41, 5.74) is 3.62. The summed E-state index contributed by atoms with van der Waals surface area (Å²) in [7, 11) is 0. The third kappa shape index (κ3) is 1.58. The van der Waals surface area contributed by atoms with Crippen LogP contribution in [0.25, 0.3) is 33.3 Å². The van der Waals surface area contributed by atoms with E-state index in [1.807, 2.05) is 24.3 Å². The number of hydrogen-bond acceptors (Lipinski definition) is 6. The van der Waals surface area contributed by atoms with E-state index in [0.717, 1.165) is 16.5 Å². The number of benzene rings is 1. The number of aromatic nitrogens is 6. The Hall–Kier alpha value is -3.02. The fourth-order valence-corrected chi connectivity index (χ4v) is 2.19. The van der Waals surface area contributed by atoms with E-state index in [1.165, 1.54) is 6.33 Å². The van der Waals surface area contributed by atoms with E-state index in [9.17, 15) is 0 Å². The molecule has 4 rings (SSSR count). The summed E-state index contributed by atoms with van der Waals surface area (Å²) in [5.74, 6) is 0. The van der Waals surface area contributed by atoms with Crippen LogP contribution in [0, 0.1) is 0 Å². The minimum absolute atomic E-state index is 0.568. The highest BCUT2D eigenvalue weighted by molar-refractivity contribution is 5.98. The van der Waals surface area contributed by atoms with Crippen LogP contribution in [0.15, 0.2) is 49.2 Å². The second kappa shape index (κ2) is 4.27. The highest BCUT2D eigenvalue weighted by Crippen LogP contribution is 2.28. The normalized spacial score (nSPS) is 11.0. The lowest BCUT2D eigenvalue weighted by atomic mass is 10.1. The standard InChI is InChI=1S/C14H8N6/c1-2-9-4-5-19-20-11(9)10(3-1)12-13-14(18-8-17-12)16-7-6-15-13/h1-8H. The summed E-state index contributed by atoms with van der Waals surface area (Å²) >= 11 is 0. The molecule has 0 aliphatic rings. The van der Waals surface area contributed by atoms with Gasteiger partial charge in [-0.1, -0.05) is 18.2 Å². The van der Waals surface area contributed by atoms with Crippen LogP contribution >= 0.6 is 0 Å². The highest BCUT2D eigenvalue weighted by Gasteiger charge is 2.12. The molecule has 1 aromatic carbocycles. The van der Waals surface area contributed by atoms with Crippen LogP contribution in [0.3, 0.4) is 0 Å². The lowest BCUT2D eigenvalue weighted by Gasteiger charge is -2.05. The maximum Gasteiger partial charge on any atom is 0.181 e. The minimum atomic E-state index is 0.568. The average molecular weight is 260 g/mol. The molecule has 94 valence electrons. The van der Waals surface area contributed by atoms with Crippen molar-refractivity contribution in [1.82, 2.24) is 30.1 Å². The molecule has 3 aromatic heterocycles. The SMILES string of the molecule is c1cc(-c2ncnc3nccnc23)c2nnccc2c1. The summed E-state index contributed by atoms with van der Waals surface area (Å²) < 4.78 is 0. The van der Waals surface area contributed by atoms with E-state index < -0.39 is 0 Å². The Morgan fingerprint density at radius 1 is 0.750 bits per heavy atom. The Balaban J connectivity index is 2.12. The molecular formula is C14H8N6. The zero-order valence-electron chi connectivity index (χ0n) is 10.3. The Bertz CT molecular complexity index is 833. The van der Waals surface area contributed by atoms with Gasteiger partial charge in [-0.2, -0.15) is 5.10 Å². The van der Waals surface area contributed by atoms with Gasteiger partial charge < -0.3 is 0 Å². The van der Waals surface area contributed by atoms with Gasteiger partial charge in [-0.05, 0) is 6.07 Å². The van der Waals surface area contributed by atoms with Gasteiger partial charge in [-0.15, -0.1) is 5.10 Å². The number of hydrogen-bond donors (Lipinski definition) is 0. The predicted molar refractivity (Wildman–Crippen MR) is 73.7 cm³/mol. The van der Waals surface area contributed by atoms with Crippen molar-refractivity contribution in [2.24, 2.45) is 0 Å². The third-order valence-corrected chi connectivity index (χ3v) is 3.07. The second-order valence-corrected chi connectivity index (χ2v) is 4.23. The van der Waals surface area contributed by atoms with Crippen molar-refractivity contribution >= 4 is 22.1 Å². The lowest BCUT2D eigenvalue weighted by Crippen LogP contribution is -1.95. The molecule has 4 aromatic rings. The minimum Gasteiger partial charge on any atom is -0.249 e. The van der Waals surface area contributed by atoms with Gasteiger partial charge in [-0.3, -0.25) is 0 Å². The van der Waals surface area contributed by atoms with Gasteiger partial charge in [0.05, 0.1) is 6.20 Å². The van der Waals surface area contributed by atoms with E-state index >= 15 is 0 Å². The van der Waals surface area contributed by atoms with Crippen LogP contribution in [-0.4, -0.2) is 30.1 Å². The van der Waals surface area contributed by atoms with Crippen LogP contribution in [-0.2, 0) is 0 Å². The lowest BCUT2D eigenvalue weighted by molar-refractivity contribution is 1.07. The van der Waals surface area contributed by atoms with Gasteiger partial charge in [0.15, 0.2) is 5.65 Å². The fraction of sp³-hybridized carbons (Fsp3) is 0. The summed E-state index contributed by atoms with van der Waals surface area (Å²) in [6, 6.07) is 7.82. The molecule has 0 bridgehead atoms. The molecular weight excluding hydrogens is 252 g/mol. The first-order chi connectivity index (χ1) is 9.93. The summed E-state index contributed by atoms with van der Waals surface area (Å²) in [4.78, 5) is 17.0. The molecule has 0 N–H and O–H groups in total. The molecule has 0 atom stereocenters. The molecule has 0 spiro atoms. The molecule has 0 saturated heterocycles. The smallest absolute Gasteiger partial charge is 0.181 e.